The number of carbonyl (C=O) groups is 7. The fraction of sp³-hybridized carbons (Fsp3) is 0.408. The molecular formula is C49H69N15O9. The predicted octanol–water partition coefficient (Wildman–Crippen LogP) is -1.74. The average Bonchev–Trinajstić information content (AvgIpc) is 3.75. The number of rotatable bonds is 29. The van der Waals surface area contributed by atoms with E-state index in [1.807, 2.05) is 18.2 Å². The molecule has 394 valence electrons. The minimum absolute atomic E-state index is 0.0383. The van der Waals surface area contributed by atoms with E-state index in [2.05, 4.69) is 46.9 Å². The number of aromatic hydroxyl groups is 2. The smallest absolute Gasteiger partial charge is 0.249 e. The van der Waals surface area contributed by atoms with Gasteiger partial charge in [-0.25, -0.2) is 0 Å². The minimum Gasteiger partial charge on any atom is -0.508 e. The van der Waals surface area contributed by atoms with Crippen LogP contribution in [-0.2, 0) is 52.8 Å². The molecule has 0 unspecified atom stereocenters. The Morgan fingerprint density at radius 2 is 0.986 bits per heavy atom. The lowest BCUT2D eigenvalue weighted by Crippen LogP contribution is -2.60. The first-order valence-corrected chi connectivity index (χ1v) is 23.8. The maximum atomic E-state index is 14.7. The maximum Gasteiger partial charge on any atom is 0.249 e. The normalized spacial score (nSPS) is 13.4. The molecule has 0 aliphatic rings. The molecule has 0 spiro atoms. The second-order valence-corrected chi connectivity index (χ2v) is 17.4. The number of aliphatic imine (C=N–C) groups is 2. The first-order valence-electron chi connectivity index (χ1n) is 23.8. The molecule has 0 aliphatic carbocycles. The van der Waals surface area contributed by atoms with Crippen LogP contribution in [-0.4, -0.2) is 124 Å². The first-order chi connectivity index (χ1) is 34.8. The van der Waals surface area contributed by atoms with Gasteiger partial charge in [-0.1, -0.05) is 42.5 Å². The van der Waals surface area contributed by atoms with E-state index < -0.39 is 77.6 Å². The van der Waals surface area contributed by atoms with Crippen molar-refractivity contribution in [2.45, 2.75) is 107 Å². The third-order valence-corrected chi connectivity index (χ3v) is 11.5. The van der Waals surface area contributed by atoms with E-state index in [1.54, 1.807) is 24.4 Å². The summed E-state index contributed by atoms with van der Waals surface area (Å²) in [6.45, 7) is 1.72. The van der Waals surface area contributed by atoms with Crippen LogP contribution < -0.4 is 66.3 Å². The van der Waals surface area contributed by atoms with Crippen molar-refractivity contribution < 1.29 is 43.8 Å². The van der Waals surface area contributed by atoms with Crippen molar-refractivity contribution in [3.8, 4) is 11.5 Å². The number of nitrogens with two attached hydrogens (primary N) is 6. The van der Waals surface area contributed by atoms with Crippen LogP contribution in [0.25, 0.3) is 10.9 Å². The van der Waals surface area contributed by atoms with Gasteiger partial charge in [0.1, 0.15) is 41.7 Å². The van der Waals surface area contributed by atoms with Crippen molar-refractivity contribution in [3.05, 3.63) is 95.7 Å². The molecule has 1 heterocycles. The van der Waals surface area contributed by atoms with Crippen molar-refractivity contribution in [1.29, 1.82) is 0 Å². The molecule has 73 heavy (non-hydrogen) atoms. The number of imide groups is 1. The molecule has 1 aromatic heterocycles. The topological polar surface area (TPSA) is 429 Å². The number of aromatic amines is 1. The Bertz CT molecular complexity index is 2540. The number of phenols is 2. The number of amides is 7. The number of hydrogen-bond donors (Lipinski definition) is 15. The Kier molecular flexibility index (Phi) is 22.9. The summed E-state index contributed by atoms with van der Waals surface area (Å²) in [5.74, 6) is -5.79. The largest absolute Gasteiger partial charge is 0.508 e. The fourth-order valence-electron chi connectivity index (χ4n) is 7.70. The minimum atomic E-state index is -1.43. The number of nitrogens with one attached hydrogen (secondary N) is 7. The van der Waals surface area contributed by atoms with E-state index in [9.17, 15) is 43.8 Å². The van der Waals surface area contributed by atoms with E-state index in [1.165, 1.54) is 36.4 Å². The zero-order valence-electron chi connectivity index (χ0n) is 40.8. The summed E-state index contributed by atoms with van der Waals surface area (Å²) >= 11 is 0. The van der Waals surface area contributed by atoms with Crippen molar-refractivity contribution in [3.63, 3.8) is 0 Å². The summed E-state index contributed by atoms with van der Waals surface area (Å²) in [4.78, 5) is 108. The number of unbranched alkanes of at least 4 members (excludes halogenated alkanes) is 1. The zero-order chi connectivity index (χ0) is 53.5. The third kappa shape index (κ3) is 19.8. The van der Waals surface area contributed by atoms with Crippen molar-refractivity contribution in [1.82, 2.24) is 36.9 Å². The van der Waals surface area contributed by atoms with E-state index in [4.69, 9.17) is 34.4 Å². The number of carbonyl (C=O) groups excluding carboxylic acids is 7. The number of benzene rings is 3. The number of fused-ring (bicyclic) bond motifs is 1. The Labute approximate surface area is 422 Å². The number of phenolic OH excluding ortho intramolecular Hbond substituents is 2. The third-order valence-electron chi connectivity index (χ3n) is 11.5. The Balaban J connectivity index is 1.69. The molecular weight excluding hydrogens is 943 g/mol. The molecule has 21 N–H and O–H groups in total. The Hall–Kier alpha value is -8.25. The summed E-state index contributed by atoms with van der Waals surface area (Å²) < 4.78 is 0. The highest BCUT2D eigenvalue weighted by molar-refractivity contribution is 6.00. The standard InChI is InChI=1S/C49H69N15O9/c1-28(65)59-43(69)37(11-4-5-21-50)60-47(73)41(26-31-27-58-36-10-3-2-8-34(31)36)64-44(70)38(12-7-23-57-49(54)55)61-45(71)40(25-30-15-19-33(67)20-16-30)63-46(72)39(24-29-13-17-32(66)18-14-29)62-42(68)35(51)9-6-22-56-48(52)53/h2-3,8,10,13-20,27,35,37-41,58,66-67H,4-7,9,11-12,21-26,50-51H2,1H3,(H,60,73)(H,61,71)(H,62,68)(H,63,72)(H,64,70)(H4,52,53,56)(H4,54,55,57)(H,59,65,69)/t35-,37-,38-,39-,40-,41-/m0/s1. The molecule has 6 atom stereocenters. The quantitative estimate of drug-likeness (QED) is 0.0163. The predicted molar refractivity (Wildman–Crippen MR) is 275 cm³/mol. The van der Waals surface area contributed by atoms with Gasteiger partial charge in [-0.05, 0) is 98.5 Å². The van der Waals surface area contributed by atoms with Crippen LogP contribution >= 0.6 is 0 Å². The SMILES string of the molecule is CC(=O)NC(=O)[C@H](CCCCN)NC(=O)[C@H](Cc1c[nH]c2ccccc12)NC(=O)[C@H](CCCN=C(N)N)NC(=O)[C@H](Cc1ccc(O)cc1)NC(=O)[C@H](Cc1ccc(O)cc1)NC(=O)[C@@H](N)CCCN=C(N)N. The molecule has 4 aromatic rings. The monoisotopic (exact) mass is 1010 g/mol. The lowest BCUT2D eigenvalue weighted by atomic mass is 10.0. The number of nitrogens with zero attached hydrogens (tertiary/aromatic N) is 2. The average molecular weight is 1010 g/mol. The summed E-state index contributed by atoms with van der Waals surface area (Å²) in [5, 5.41) is 36.6. The van der Waals surface area contributed by atoms with Gasteiger partial charge in [-0.2, -0.15) is 0 Å². The lowest BCUT2D eigenvalue weighted by Gasteiger charge is -2.27. The van der Waals surface area contributed by atoms with E-state index in [-0.39, 0.29) is 81.5 Å². The lowest BCUT2D eigenvalue weighted by molar-refractivity contribution is -0.136. The van der Waals surface area contributed by atoms with Crippen molar-refractivity contribution >= 4 is 64.2 Å². The zero-order valence-corrected chi connectivity index (χ0v) is 40.8. The molecule has 3 aromatic carbocycles. The van der Waals surface area contributed by atoms with Gasteiger partial charge in [0.05, 0.1) is 6.04 Å². The highest BCUT2D eigenvalue weighted by Gasteiger charge is 2.34. The van der Waals surface area contributed by atoms with Crippen LogP contribution in [0.15, 0.2) is 89.0 Å². The van der Waals surface area contributed by atoms with Gasteiger partial charge in [0, 0.05) is 56.4 Å². The summed E-state index contributed by atoms with van der Waals surface area (Å²) in [6.07, 6.45) is 2.95. The number of H-pyrrole nitrogens is 1. The Morgan fingerprint density at radius 1 is 0.548 bits per heavy atom. The van der Waals surface area contributed by atoms with Crippen LogP contribution in [0.5, 0.6) is 11.5 Å². The van der Waals surface area contributed by atoms with Gasteiger partial charge >= 0.3 is 0 Å². The van der Waals surface area contributed by atoms with Gasteiger partial charge in [0.25, 0.3) is 0 Å². The molecule has 0 aliphatic heterocycles. The summed E-state index contributed by atoms with van der Waals surface area (Å²) in [7, 11) is 0. The molecule has 0 bridgehead atoms. The van der Waals surface area contributed by atoms with Crippen LogP contribution in [0.2, 0.25) is 0 Å². The van der Waals surface area contributed by atoms with E-state index in [0.29, 0.717) is 42.5 Å². The van der Waals surface area contributed by atoms with Gasteiger partial charge in [-0.15, -0.1) is 0 Å². The fourth-order valence-corrected chi connectivity index (χ4v) is 7.70. The number of hydrogen-bond acceptors (Lipinski definition) is 13. The molecule has 24 nitrogen and oxygen atoms in total. The second-order valence-electron chi connectivity index (χ2n) is 17.4. The highest BCUT2D eigenvalue weighted by atomic mass is 16.3. The van der Waals surface area contributed by atoms with Gasteiger partial charge in [0.2, 0.25) is 41.4 Å². The van der Waals surface area contributed by atoms with Gasteiger partial charge < -0.3 is 76.2 Å². The van der Waals surface area contributed by atoms with Crippen LogP contribution in [0.4, 0.5) is 0 Å². The second kappa shape index (κ2) is 29.2. The maximum absolute atomic E-state index is 14.7. The summed E-state index contributed by atoms with van der Waals surface area (Å²) in [5.41, 5.74) is 36.3. The molecule has 0 fully saturated rings. The van der Waals surface area contributed by atoms with Crippen molar-refractivity contribution in [2.75, 3.05) is 19.6 Å². The van der Waals surface area contributed by atoms with Crippen LogP contribution in [0.3, 0.4) is 0 Å². The molecule has 0 radical (unpaired) electrons. The molecule has 24 heteroatoms. The number of guanidine groups is 2. The molecule has 0 saturated carbocycles. The van der Waals surface area contributed by atoms with Crippen LogP contribution in [0.1, 0.15) is 68.6 Å². The van der Waals surface area contributed by atoms with E-state index in [0.717, 1.165) is 17.8 Å². The molecule has 4 rings (SSSR count). The molecule has 0 saturated heterocycles. The highest BCUT2D eigenvalue weighted by Crippen LogP contribution is 2.20. The van der Waals surface area contributed by atoms with Gasteiger partial charge in [0.15, 0.2) is 11.9 Å². The first kappa shape index (κ1) is 57.3. The van der Waals surface area contributed by atoms with E-state index >= 15 is 0 Å². The van der Waals surface area contributed by atoms with Crippen LogP contribution in [0, 0.1) is 0 Å². The molecule has 7 amide bonds. The Morgan fingerprint density at radius 3 is 1.49 bits per heavy atom. The van der Waals surface area contributed by atoms with Crippen molar-refractivity contribution in [2.24, 2.45) is 44.4 Å². The summed E-state index contributed by atoms with van der Waals surface area (Å²) in [6, 6.07) is 11.3. The number of para-hydroxylation sites is 1. The van der Waals surface area contributed by atoms with Gasteiger partial charge in [-0.3, -0.25) is 48.9 Å². The number of aromatic nitrogens is 1.